The number of hydrogen-bond donors (Lipinski definition) is 2. The SMILES string of the molecule is O=C(Cc1ccc2c(c1)OCCO2)Nc1n[nH]c2ccc(-c3ccc(N4CCOCC4)nc3)cc12. The van der Waals surface area contributed by atoms with Crippen LogP contribution in [0.3, 0.4) is 0 Å². The monoisotopic (exact) mass is 471 g/mol. The minimum absolute atomic E-state index is 0.156. The largest absolute Gasteiger partial charge is 0.486 e. The van der Waals surface area contributed by atoms with Crippen LogP contribution < -0.4 is 19.7 Å². The maximum absolute atomic E-state index is 12.8. The number of anilines is 2. The molecule has 2 aliphatic rings. The van der Waals surface area contributed by atoms with Crippen molar-refractivity contribution in [1.29, 1.82) is 0 Å². The Bertz CT molecular complexity index is 1360. The van der Waals surface area contributed by atoms with E-state index < -0.39 is 0 Å². The van der Waals surface area contributed by atoms with Crippen molar-refractivity contribution in [2.24, 2.45) is 0 Å². The summed E-state index contributed by atoms with van der Waals surface area (Å²) in [5.41, 5.74) is 3.70. The van der Waals surface area contributed by atoms with Gasteiger partial charge in [-0.2, -0.15) is 5.10 Å². The lowest BCUT2D eigenvalue weighted by Gasteiger charge is -2.27. The van der Waals surface area contributed by atoms with E-state index >= 15 is 0 Å². The molecule has 2 aromatic heterocycles. The number of pyridine rings is 1. The smallest absolute Gasteiger partial charge is 0.230 e. The molecule has 2 aromatic carbocycles. The summed E-state index contributed by atoms with van der Waals surface area (Å²) in [6.45, 7) is 4.20. The third kappa shape index (κ3) is 4.50. The van der Waals surface area contributed by atoms with E-state index in [1.165, 1.54) is 0 Å². The van der Waals surface area contributed by atoms with Crippen LogP contribution in [0, 0.1) is 0 Å². The summed E-state index contributed by atoms with van der Waals surface area (Å²) in [7, 11) is 0. The van der Waals surface area contributed by atoms with Crippen LogP contribution in [0.15, 0.2) is 54.7 Å². The van der Waals surface area contributed by atoms with Crippen molar-refractivity contribution >= 4 is 28.4 Å². The van der Waals surface area contributed by atoms with Gasteiger partial charge in [0, 0.05) is 30.2 Å². The number of benzene rings is 2. The number of aromatic amines is 1. The topological polar surface area (TPSA) is 102 Å². The van der Waals surface area contributed by atoms with Crippen molar-refractivity contribution < 1.29 is 19.0 Å². The lowest BCUT2D eigenvalue weighted by atomic mass is 10.1. The predicted octanol–water partition coefficient (Wildman–Crippen LogP) is 3.41. The Morgan fingerprint density at radius 1 is 0.943 bits per heavy atom. The van der Waals surface area contributed by atoms with Gasteiger partial charge in [-0.3, -0.25) is 9.89 Å². The Kier molecular flexibility index (Phi) is 5.67. The average molecular weight is 472 g/mol. The first kappa shape index (κ1) is 21.4. The van der Waals surface area contributed by atoms with Gasteiger partial charge < -0.3 is 24.4 Å². The first-order valence-electron chi connectivity index (χ1n) is 11.7. The molecule has 2 N–H and O–H groups in total. The highest BCUT2D eigenvalue weighted by atomic mass is 16.6. The molecule has 6 rings (SSSR count). The molecule has 178 valence electrons. The second kappa shape index (κ2) is 9.27. The number of fused-ring (bicyclic) bond motifs is 2. The van der Waals surface area contributed by atoms with Crippen LogP contribution in [0.1, 0.15) is 5.56 Å². The van der Waals surface area contributed by atoms with Crippen LogP contribution in [0.5, 0.6) is 11.5 Å². The zero-order chi connectivity index (χ0) is 23.6. The molecule has 1 saturated heterocycles. The first-order valence-corrected chi connectivity index (χ1v) is 11.7. The van der Waals surface area contributed by atoms with Crippen LogP contribution in [-0.4, -0.2) is 60.6 Å². The second-order valence-corrected chi connectivity index (χ2v) is 8.54. The number of aromatic nitrogens is 3. The highest BCUT2D eigenvalue weighted by molar-refractivity contribution is 6.01. The average Bonchev–Trinajstić information content (AvgIpc) is 3.31. The Labute approximate surface area is 202 Å². The molecule has 1 fully saturated rings. The van der Waals surface area contributed by atoms with Gasteiger partial charge in [-0.05, 0) is 47.5 Å². The predicted molar refractivity (Wildman–Crippen MR) is 132 cm³/mol. The van der Waals surface area contributed by atoms with Crippen molar-refractivity contribution in [3.05, 3.63) is 60.3 Å². The highest BCUT2D eigenvalue weighted by Gasteiger charge is 2.16. The van der Waals surface area contributed by atoms with Crippen LogP contribution in [0.4, 0.5) is 11.6 Å². The summed E-state index contributed by atoms with van der Waals surface area (Å²) >= 11 is 0. The van der Waals surface area contributed by atoms with Crippen molar-refractivity contribution in [2.75, 3.05) is 49.7 Å². The summed E-state index contributed by atoms with van der Waals surface area (Å²) in [6.07, 6.45) is 2.09. The fraction of sp³-hybridized carbons (Fsp3) is 0.269. The highest BCUT2D eigenvalue weighted by Crippen LogP contribution is 2.31. The van der Waals surface area contributed by atoms with Crippen molar-refractivity contribution in [1.82, 2.24) is 15.2 Å². The zero-order valence-electron chi connectivity index (χ0n) is 19.1. The van der Waals surface area contributed by atoms with E-state index in [4.69, 9.17) is 14.2 Å². The lowest BCUT2D eigenvalue weighted by Crippen LogP contribution is -2.36. The van der Waals surface area contributed by atoms with Crippen LogP contribution >= 0.6 is 0 Å². The Morgan fingerprint density at radius 2 is 1.77 bits per heavy atom. The molecule has 0 saturated carbocycles. The molecule has 0 atom stereocenters. The first-order chi connectivity index (χ1) is 17.2. The van der Waals surface area contributed by atoms with Gasteiger partial charge in [-0.15, -0.1) is 0 Å². The van der Waals surface area contributed by atoms with E-state index in [-0.39, 0.29) is 12.3 Å². The van der Waals surface area contributed by atoms with E-state index in [0.29, 0.717) is 30.5 Å². The third-order valence-electron chi connectivity index (χ3n) is 6.21. The van der Waals surface area contributed by atoms with Gasteiger partial charge in [0.2, 0.25) is 5.91 Å². The van der Waals surface area contributed by atoms with Crippen LogP contribution in [0.2, 0.25) is 0 Å². The van der Waals surface area contributed by atoms with E-state index in [1.807, 2.05) is 48.7 Å². The molecule has 35 heavy (non-hydrogen) atoms. The minimum atomic E-state index is -0.156. The molecular weight excluding hydrogens is 446 g/mol. The Hall–Kier alpha value is -4.11. The molecule has 0 unspecified atom stereocenters. The fourth-order valence-electron chi connectivity index (χ4n) is 4.38. The maximum Gasteiger partial charge on any atom is 0.230 e. The normalized spacial score (nSPS) is 15.3. The Balaban J connectivity index is 1.18. The number of hydrogen-bond acceptors (Lipinski definition) is 7. The number of ether oxygens (including phenoxy) is 3. The number of nitrogens with zero attached hydrogens (tertiary/aromatic N) is 3. The molecule has 0 spiro atoms. The summed E-state index contributed by atoms with van der Waals surface area (Å²) in [5.74, 6) is 2.68. The number of amides is 1. The van der Waals surface area contributed by atoms with Gasteiger partial charge in [0.25, 0.3) is 0 Å². The summed E-state index contributed by atoms with van der Waals surface area (Å²) in [5, 5.41) is 11.1. The fourth-order valence-corrected chi connectivity index (χ4v) is 4.38. The molecule has 0 radical (unpaired) electrons. The minimum Gasteiger partial charge on any atom is -0.486 e. The molecular formula is C26H25N5O4. The van der Waals surface area contributed by atoms with Crippen molar-refractivity contribution in [3.63, 3.8) is 0 Å². The summed E-state index contributed by atoms with van der Waals surface area (Å²) < 4.78 is 16.6. The second-order valence-electron chi connectivity index (χ2n) is 8.54. The molecule has 0 aliphatic carbocycles. The molecule has 1 amide bonds. The molecule has 9 heteroatoms. The van der Waals surface area contributed by atoms with Gasteiger partial charge in [0.05, 0.1) is 25.2 Å². The number of nitrogens with one attached hydrogen (secondary N) is 2. The number of rotatable bonds is 5. The summed E-state index contributed by atoms with van der Waals surface area (Å²) in [6, 6.07) is 15.7. The van der Waals surface area contributed by atoms with Gasteiger partial charge in [0.1, 0.15) is 19.0 Å². The number of carbonyl (C=O) groups excluding carboxylic acids is 1. The zero-order valence-corrected chi connectivity index (χ0v) is 19.1. The molecule has 0 bridgehead atoms. The number of morpholine rings is 1. The third-order valence-corrected chi connectivity index (χ3v) is 6.21. The Morgan fingerprint density at radius 3 is 2.60 bits per heavy atom. The van der Waals surface area contributed by atoms with Crippen LogP contribution in [0.25, 0.3) is 22.0 Å². The maximum atomic E-state index is 12.8. The lowest BCUT2D eigenvalue weighted by molar-refractivity contribution is -0.115. The van der Waals surface area contributed by atoms with E-state index in [0.717, 1.165) is 59.7 Å². The van der Waals surface area contributed by atoms with Gasteiger partial charge >= 0.3 is 0 Å². The van der Waals surface area contributed by atoms with Crippen molar-refractivity contribution in [2.45, 2.75) is 6.42 Å². The van der Waals surface area contributed by atoms with Crippen molar-refractivity contribution in [3.8, 4) is 22.6 Å². The molecule has 4 aromatic rings. The molecule has 2 aliphatic heterocycles. The van der Waals surface area contributed by atoms with Gasteiger partial charge in [-0.1, -0.05) is 12.1 Å². The van der Waals surface area contributed by atoms with E-state index in [9.17, 15) is 4.79 Å². The van der Waals surface area contributed by atoms with Crippen LogP contribution in [-0.2, 0) is 16.0 Å². The molecule has 4 heterocycles. The van der Waals surface area contributed by atoms with Gasteiger partial charge in [-0.25, -0.2) is 4.98 Å². The number of H-pyrrole nitrogens is 1. The molecule has 9 nitrogen and oxygen atoms in total. The van der Waals surface area contributed by atoms with Gasteiger partial charge in [0.15, 0.2) is 17.3 Å². The van der Waals surface area contributed by atoms with E-state index in [1.54, 1.807) is 0 Å². The number of carbonyl (C=O) groups is 1. The standard InChI is InChI=1S/C26H25N5O4/c32-25(14-17-1-5-22-23(13-17)35-12-11-34-22)28-26-20-15-18(2-4-21(20)29-30-26)19-3-6-24(27-16-19)31-7-9-33-10-8-31/h1-6,13,15-16H,7-12,14H2,(H2,28,29,30,32). The quantitative estimate of drug-likeness (QED) is 0.460. The van der Waals surface area contributed by atoms with E-state index in [2.05, 4.69) is 31.5 Å². The summed E-state index contributed by atoms with van der Waals surface area (Å²) in [4.78, 5) is 19.7.